The Hall–Kier alpha value is -1.12. The molecule has 4 aromatic rings. The van der Waals surface area contributed by atoms with Gasteiger partial charge in [-0.05, 0) is 19.2 Å². The molecule has 4 bridgehead atoms. The molecule has 13 heavy (non-hydrogen) atoms. The van der Waals surface area contributed by atoms with Crippen molar-refractivity contribution in [3.8, 4) is 0 Å². The summed E-state index contributed by atoms with van der Waals surface area (Å²) in [5.41, 5.74) is 6.59. The van der Waals surface area contributed by atoms with Crippen molar-refractivity contribution in [2.75, 3.05) is 7.05 Å². The van der Waals surface area contributed by atoms with Crippen LogP contribution in [-0.4, -0.2) is 12.0 Å². The largest absolute Gasteiger partial charge is 0.333 e. The van der Waals surface area contributed by atoms with Gasteiger partial charge in [0.15, 0.2) is 0 Å². The fourth-order valence-electron chi connectivity index (χ4n) is 1.49. The lowest BCUT2D eigenvalue weighted by Crippen LogP contribution is -1.91. The van der Waals surface area contributed by atoms with Gasteiger partial charge in [-0.3, -0.25) is 0 Å². The Labute approximate surface area is 81.0 Å². The van der Waals surface area contributed by atoms with Gasteiger partial charge in [-0.1, -0.05) is 23.7 Å². The first-order valence-corrected chi connectivity index (χ1v) is 4.41. The molecule has 0 aliphatic heterocycles. The van der Waals surface area contributed by atoms with Crippen molar-refractivity contribution in [1.29, 1.82) is 0 Å². The van der Waals surface area contributed by atoms with Gasteiger partial charge in [0.05, 0.1) is 16.1 Å². The van der Waals surface area contributed by atoms with Crippen LogP contribution in [0.15, 0.2) is 24.3 Å². The van der Waals surface area contributed by atoms with Crippen LogP contribution in [0.3, 0.4) is 0 Å². The number of rotatable bonds is 0. The van der Waals surface area contributed by atoms with E-state index in [4.69, 9.17) is 11.6 Å². The summed E-state index contributed by atoms with van der Waals surface area (Å²) in [6.45, 7) is 0. The van der Waals surface area contributed by atoms with Crippen molar-refractivity contribution in [2.45, 2.75) is 0 Å². The van der Waals surface area contributed by atoms with Crippen molar-refractivity contribution in [1.82, 2.24) is 4.98 Å². The Morgan fingerprint density at radius 3 is 2.46 bits per heavy atom. The highest BCUT2D eigenvalue weighted by Crippen LogP contribution is 2.34. The van der Waals surface area contributed by atoms with Crippen LogP contribution in [0.4, 0.5) is 0 Å². The Balaban J connectivity index is 0.000000308. The third kappa shape index (κ3) is 1.03. The second-order valence-electron chi connectivity index (χ2n) is 2.69. The number of fused-ring (bicyclic) bond motifs is 1. The van der Waals surface area contributed by atoms with E-state index in [1.807, 2.05) is 18.2 Å². The van der Waals surface area contributed by atoms with Gasteiger partial charge >= 0.3 is 0 Å². The number of hydrogen-bond acceptors (Lipinski definition) is 2. The molecular weight excluding hydrogens is 184 g/mol. The molecule has 66 valence electrons. The average Bonchev–Trinajstić information content (AvgIpc) is 2.16. The molecule has 0 aliphatic carbocycles. The van der Waals surface area contributed by atoms with E-state index < -0.39 is 0 Å². The molecule has 0 saturated carbocycles. The molecule has 0 spiro atoms. The van der Waals surface area contributed by atoms with Crippen LogP contribution in [0.5, 0.6) is 0 Å². The van der Waals surface area contributed by atoms with Gasteiger partial charge in [0.25, 0.3) is 0 Å². The molecule has 0 amide bonds. The number of hydrogen-bond donors (Lipinski definition) is 1. The summed E-state index contributed by atoms with van der Waals surface area (Å²) in [4.78, 5) is 4.28. The van der Waals surface area contributed by atoms with Crippen molar-refractivity contribution in [3.63, 3.8) is 0 Å². The van der Waals surface area contributed by atoms with E-state index in [-0.39, 0.29) is 0 Å². The zero-order valence-corrected chi connectivity index (χ0v) is 7.97. The molecule has 0 unspecified atom stereocenters. The second kappa shape index (κ2) is 2.98. The minimum atomic E-state index is 0.818. The lowest BCUT2D eigenvalue weighted by molar-refractivity contribution is 1.47. The van der Waals surface area contributed by atoms with E-state index in [1.54, 1.807) is 0 Å². The highest BCUT2D eigenvalue weighted by Gasteiger charge is 2.11. The molecule has 0 aliphatic rings. The summed E-state index contributed by atoms with van der Waals surface area (Å²) in [5, 5.41) is 3.13. The van der Waals surface area contributed by atoms with E-state index in [0.29, 0.717) is 0 Å². The summed E-state index contributed by atoms with van der Waals surface area (Å²) >= 11 is 5.95. The summed E-state index contributed by atoms with van der Waals surface area (Å²) in [6.07, 6.45) is 0. The van der Waals surface area contributed by atoms with E-state index in [2.05, 4.69) is 16.8 Å². The second-order valence-corrected chi connectivity index (χ2v) is 3.10. The van der Waals surface area contributed by atoms with Crippen LogP contribution in [0.25, 0.3) is 21.8 Å². The van der Waals surface area contributed by atoms with Gasteiger partial charge in [0, 0.05) is 10.8 Å². The van der Waals surface area contributed by atoms with E-state index in [1.165, 1.54) is 12.4 Å². The standard InChI is InChI=1S/C9H4ClN.CH5N/c10-6-3-1-5-2-4-7-8(6)9(5)11-7;1-2/h1-4H;2H2,1H3. The molecule has 0 fully saturated rings. The average molecular weight is 193 g/mol. The molecule has 2 aromatic carbocycles. The van der Waals surface area contributed by atoms with Crippen LogP contribution in [-0.2, 0) is 0 Å². The fraction of sp³-hybridized carbons (Fsp3) is 0.100. The number of aromatic nitrogens is 1. The predicted molar refractivity (Wildman–Crippen MR) is 56.7 cm³/mol. The van der Waals surface area contributed by atoms with E-state index in [0.717, 1.165) is 21.4 Å². The topological polar surface area (TPSA) is 38.9 Å². The van der Waals surface area contributed by atoms with Gasteiger partial charge in [-0.2, -0.15) is 0 Å². The summed E-state index contributed by atoms with van der Waals surface area (Å²) < 4.78 is 0. The zero-order valence-electron chi connectivity index (χ0n) is 7.21. The first-order valence-electron chi connectivity index (χ1n) is 4.03. The lowest BCUT2D eigenvalue weighted by atomic mass is 10.1. The van der Waals surface area contributed by atoms with Crippen LogP contribution >= 0.6 is 11.6 Å². The molecule has 0 saturated heterocycles. The zero-order chi connectivity index (χ0) is 9.42. The summed E-state index contributed by atoms with van der Waals surface area (Å²) in [6, 6.07) is 8.00. The minimum Gasteiger partial charge on any atom is -0.333 e. The van der Waals surface area contributed by atoms with Crippen LogP contribution in [0.2, 0.25) is 5.02 Å². The molecule has 2 aromatic heterocycles. The first-order chi connectivity index (χ1) is 6.36. The van der Waals surface area contributed by atoms with Crippen LogP contribution < -0.4 is 5.73 Å². The minimum absolute atomic E-state index is 0.818. The highest BCUT2D eigenvalue weighted by molar-refractivity contribution is 6.38. The Morgan fingerprint density at radius 1 is 1.15 bits per heavy atom. The van der Waals surface area contributed by atoms with Crippen molar-refractivity contribution < 1.29 is 0 Å². The molecule has 2 heterocycles. The number of halogens is 1. The Morgan fingerprint density at radius 2 is 1.85 bits per heavy atom. The van der Waals surface area contributed by atoms with Crippen molar-refractivity contribution >= 4 is 33.4 Å². The monoisotopic (exact) mass is 192 g/mol. The molecule has 4 rings (SSSR count). The van der Waals surface area contributed by atoms with Crippen molar-refractivity contribution in [2.24, 2.45) is 5.73 Å². The molecule has 0 atom stereocenters. The first kappa shape index (κ1) is 8.48. The lowest BCUT2D eigenvalue weighted by Gasteiger charge is -2.10. The van der Waals surface area contributed by atoms with Crippen LogP contribution in [0, 0.1) is 0 Å². The maximum absolute atomic E-state index is 5.95. The third-order valence-corrected chi connectivity index (χ3v) is 2.38. The van der Waals surface area contributed by atoms with Crippen LogP contribution in [0.1, 0.15) is 0 Å². The molecule has 0 radical (unpaired) electrons. The smallest absolute Gasteiger partial charge is 0.0818 e. The van der Waals surface area contributed by atoms with Gasteiger partial charge in [0.1, 0.15) is 0 Å². The maximum atomic E-state index is 5.95. The number of nitrogens with two attached hydrogens (primary N) is 1. The van der Waals surface area contributed by atoms with Gasteiger partial charge in [-0.25, -0.2) is 4.98 Å². The summed E-state index contributed by atoms with van der Waals surface area (Å²) in [5.74, 6) is 0. The molecule has 3 heteroatoms. The van der Waals surface area contributed by atoms with Crippen molar-refractivity contribution in [3.05, 3.63) is 29.3 Å². The molecule has 2 N–H and O–H groups in total. The van der Waals surface area contributed by atoms with E-state index >= 15 is 0 Å². The van der Waals surface area contributed by atoms with Gasteiger partial charge < -0.3 is 5.73 Å². The fourth-order valence-corrected chi connectivity index (χ4v) is 1.74. The number of pyridine rings is 1. The van der Waals surface area contributed by atoms with Gasteiger partial charge in [-0.15, -0.1) is 0 Å². The van der Waals surface area contributed by atoms with E-state index in [9.17, 15) is 0 Å². The third-order valence-electron chi connectivity index (χ3n) is 2.07. The molecular formula is C10H9ClN2. The Bertz CT molecular complexity index is 501. The SMILES string of the molecule is CN.Clc1ccc2ccc3nc2c13. The summed E-state index contributed by atoms with van der Waals surface area (Å²) in [7, 11) is 1.50. The predicted octanol–water partition coefficient (Wildman–Crippen LogP) is 2.49. The number of nitrogens with zero attached hydrogens (tertiary/aromatic N) is 1. The molecule has 2 nitrogen and oxygen atoms in total. The Kier molecular flexibility index (Phi) is 1.94. The quantitative estimate of drug-likeness (QED) is 0.595. The number of benzene rings is 2. The van der Waals surface area contributed by atoms with Gasteiger partial charge in [0.2, 0.25) is 0 Å². The normalized spacial score (nSPS) is 10.7. The maximum Gasteiger partial charge on any atom is 0.0818 e. The highest BCUT2D eigenvalue weighted by atomic mass is 35.5.